The van der Waals surface area contributed by atoms with E-state index in [-0.39, 0.29) is 37.3 Å². The number of thioether (sulfide) groups is 1. The van der Waals surface area contributed by atoms with Crippen LogP contribution in [0.5, 0.6) is 0 Å². The van der Waals surface area contributed by atoms with Crippen LogP contribution in [0.2, 0.25) is 0 Å². The summed E-state index contributed by atoms with van der Waals surface area (Å²) >= 11 is 1.50. The number of aliphatic hydroxyl groups is 1. The normalized spacial score (nSPS) is 13.7. The molecule has 0 fully saturated rings. The molecule has 0 aromatic heterocycles. The summed E-state index contributed by atoms with van der Waals surface area (Å²) in [7, 11) is -3.35. The van der Waals surface area contributed by atoms with Gasteiger partial charge in [0, 0.05) is 23.6 Å². The molecule has 106 valence electrons. The van der Waals surface area contributed by atoms with Gasteiger partial charge in [-0.15, -0.1) is 0 Å². The summed E-state index contributed by atoms with van der Waals surface area (Å²) in [5.41, 5.74) is 0. The number of ether oxygens (including phenoxy) is 1. The van der Waals surface area contributed by atoms with Gasteiger partial charge in [-0.25, -0.2) is 8.42 Å². The first-order valence-corrected chi connectivity index (χ1v) is 8.36. The maximum Gasteiger partial charge on any atom is 0.306 e. The average molecular weight is 297 g/mol. The second-order valence-electron chi connectivity index (χ2n) is 3.64. The van der Waals surface area contributed by atoms with Gasteiger partial charge >= 0.3 is 5.97 Å². The molecule has 0 aliphatic rings. The van der Waals surface area contributed by atoms with Crippen molar-refractivity contribution in [2.45, 2.75) is 25.0 Å². The Balaban J connectivity index is 3.57. The SMILES string of the molecule is CC(CO)SCCC(=O)OCC/C=N\S(C)(=O)=O. The van der Waals surface area contributed by atoms with Crippen LogP contribution in [0, 0.1) is 0 Å². The van der Waals surface area contributed by atoms with Crippen LogP contribution in [-0.4, -0.2) is 56.2 Å². The fourth-order valence-electron chi connectivity index (χ4n) is 0.882. The molecule has 0 saturated heterocycles. The van der Waals surface area contributed by atoms with E-state index in [1.165, 1.54) is 18.0 Å². The van der Waals surface area contributed by atoms with E-state index in [4.69, 9.17) is 9.84 Å². The molecule has 0 saturated carbocycles. The Kier molecular flexibility index (Phi) is 9.03. The molecule has 8 heteroatoms. The van der Waals surface area contributed by atoms with Gasteiger partial charge in [0.15, 0.2) is 0 Å². The lowest BCUT2D eigenvalue weighted by Crippen LogP contribution is -2.09. The zero-order valence-electron chi connectivity index (χ0n) is 10.5. The van der Waals surface area contributed by atoms with Gasteiger partial charge in [0.1, 0.15) is 0 Å². The third-order valence-corrected chi connectivity index (χ3v) is 3.43. The fraction of sp³-hybridized carbons (Fsp3) is 0.800. The average Bonchev–Trinajstić information content (AvgIpc) is 2.26. The van der Waals surface area contributed by atoms with Crippen molar-refractivity contribution in [1.29, 1.82) is 0 Å². The Morgan fingerprint density at radius 1 is 1.56 bits per heavy atom. The first-order chi connectivity index (χ1) is 8.35. The van der Waals surface area contributed by atoms with Gasteiger partial charge in [-0.1, -0.05) is 6.92 Å². The molecule has 1 unspecified atom stereocenters. The van der Waals surface area contributed by atoms with E-state index in [0.29, 0.717) is 5.75 Å². The molecule has 0 heterocycles. The maximum absolute atomic E-state index is 11.2. The predicted octanol–water partition coefficient (Wildman–Crippen LogP) is 0.454. The predicted molar refractivity (Wildman–Crippen MR) is 72.5 cm³/mol. The number of rotatable bonds is 9. The molecule has 0 rings (SSSR count). The number of carbonyl (C=O) groups is 1. The Bertz CT molecular complexity index is 366. The molecular formula is C10H19NO5S2. The van der Waals surface area contributed by atoms with Crippen molar-refractivity contribution in [1.82, 2.24) is 0 Å². The number of aliphatic hydroxyl groups excluding tert-OH is 1. The smallest absolute Gasteiger partial charge is 0.306 e. The molecule has 0 spiro atoms. The largest absolute Gasteiger partial charge is 0.465 e. The van der Waals surface area contributed by atoms with E-state index in [1.807, 2.05) is 6.92 Å². The minimum atomic E-state index is -3.35. The Hall–Kier alpha value is -0.600. The second kappa shape index (κ2) is 9.35. The number of sulfonamides is 1. The minimum Gasteiger partial charge on any atom is -0.465 e. The number of hydrogen-bond donors (Lipinski definition) is 1. The summed E-state index contributed by atoms with van der Waals surface area (Å²) in [6.45, 7) is 2.08. The summed E-state index contributed by atoms with van der Waals surface area (Å²) in [4.78, 5) is 11.2. The third-order valence-electron chi connectivity index (χ3n) is 1.74. The summed E-state index contributed by atoms with van der Waals surface area (Å²) < 4.78 is 29.4. The van der Waals surface area contributed by atoms with Crippen LogP contribution in [-0.2, 0) is 19.6 Å². The van der Waals surface area contributed by atoms with Gasteiger partial charge in [-0.3, -0.25) is 4.79 Å². The van der Waals surface area contributed by atoms with Crippen LogP contribution in [0.25, 0.3) is 0 Å². The molecule has 0 aliphatic carbocycles. The monoisotopic (exact) mass is 297 g/mol. The van der Waals surface area contributed by atoms with Crippen LogP contribution in [0.4, 0.5) is 0 Å². The van der Waals surface area contributed by atoms with Crippen LogP contribution >= 0.6 is 11.8 Å². The van der Waals surface area contributed by atoms with Crippen molar-refractivity contribution in [2.24, 2.45) is 4.40 Å². The van der Waals surface area contributed by atoms with Crippen LogP contribution in [0.1, 0.15) is 19.8 Å². The second-order valence-corrected chi connectivity index (χ2v) is 6.87. The summed E-state index contributed by atoms with van der Waals surface area (Å²) in [5, 5.41) is 8.88. The molecule has 0 radical (unpaired) electrons. The van der Waals surface area contributed by atoms with Crippen molar-refractivity contribution in [3.63, 3.8) is 0 Å². The van der Waals surface area contributed by atoms with E-state index in [9.17, 15) is 13.2 Å². The first kappa shape index (κ1) is 17.4. The molecule has 0 amide bonds. The first-order valence-electron chi connectivity index (χ1n) is 5.47. The maximum atomic E-state index is 11.2. The zero-order chi connectivity index (χ0) is 14.0. The van der Waals surface area contributed by atoms with Crippen molar-refractivity contribution in [2.75, 3.05) is 25.2 Å². The van der Waals surface area contributed by atoms with Crippen LogP contribution < -0.4 is 0 Å². The Morgan fingerprint density at radius 3 is 2.78 bits per heavy atom. The van der Waals surface area contributed by atoms with E-state index < -0.39 is 10.0 Å². The van der Waals surface area contributed by atoms with E-state index >= 15 is 0 Å². The van der Waals surface area contributed by atoms with Gasteiger partial charge in [-0.05, 0) is 0 Å². The molecule has 18 heavy (non-hydrogen) atoms. The van der Waals surface area contributed by atoms with Crippen LogP contribution in [0.15, 0.2) is 4.40 Å². The van der Waals surface area contributed by atoms with Crippen molar-refractivity contribution < 1.29 is 23.1 Å². The molecule has 0 bridgehead atoms. The third kappa shape index (κ3) is 11.9. The molecule has 0 aromatic rings. The molecule has 6 nitrogen and oxygen atoms in total. The highest BCUT2D eigenvalue weighted by atomic mass is 32.2. The number of nitrogens with zero attached hydrogens (tertiary/aromatic N) is 1. The lowest BCUT2D eigenvalue weighted by molar-refractivity contribution is -0.142. The van der Waals surface area contributed by atoms with Gasteiger partial charge in [0.2, 0.25) is 10.0 Å². The molecule has 1 atom stereocenters. The number of carbonyl (C=O) groups excluding carboxylic acids is 1. The van der Waals surface area contributed by atoms with E-state index in [2.05, 4.69) is 4.40 Å². The Morgan fingerprint density at radius 2 is 2.22 bits per heavy atom. The molecular weight excluding hydrogens is 278 g/mol. The number of esters is 1. The molecule has 1 N–H and O–H groups in total. The van der Waals surface area contributed by atoms with Crippen molar-refractivity contribution >= 4 is 34.0 Å². The van der Waals surface area contributed by atoms with Gasteiger partial charge < -0.3 is 9.84 Å². The van der Waals surface area contributed by atoms with E-state index in [0.717, 1.165) is 6.26 Å². The fourth-order valence-corrected chi connectivity index (χ4v) is 2.05. The van der Waals surface area contributed by atoms with Gasteiger partial charge in [0.25, 0.3) is 0 Å². The highest BCUT2D eigenvalue weighted by Gasteiger charge is 2.05. The number of hydrogen-bond acceptors (Lipinski definition) is 6. The van der Waals surface area contributed by atoms with Crippen molar-refractivity contribution in [3.8, 4) is 0 Å². The quantitative estimate of drug-likeness (QED) is 0.377. The standard InChI is InChI=1S/C10H19NO5S2/c1-9(8-12)17-7-4-10(13)16-6-3-5-11-18(2,14)15/h5,9,12H,3-4,6-8H2,1-2H3/b11-5-. The lowest BCUT2D eigenvalue weighted by atomic mass is 10.5. The van der Waals surface area contributed by atoms with E-state index in [1.54, 1.807) is 0 Å². The highest BCUT2D eigenvalue weighted by Crippen LogP contribution is 2.10. The van der Waals surface area contributed by atoms with Crippen LogP contribution in [0.3, 0.4) is 0 Å². The molecule has 0 aromatic carbocycles. The highest BCUT2D eigenvalue weighted by molar-refractivity contribution is 7.99. The van der Waals surface area contributed by atoms with Gasteiger partial charge in [-0.2, -0.15) is 16.2 Å². The van der Waals surface area contributed by atoms with Gasteiger partial charge in [0.05, 0.1) is 25.9 Å². The zero-order valence-corrected chi connectivity index (χ0v) is 12.2. The minimum absolute atomic E-state index is 0.0850. The summed E-state index contributed by atoms with van der Waals surface area (Å²) in [6, 6.07) is 0. The topological polar surface area (TPSA) is 93.0 Å². The lowest BCUT2D eigenvalue weighted by Gasteiger charge is -2.06. The Labute approximate surface area is 112 Å². The van der Waals surface area contributed by atoms with Crippen molar-refractivity contribution in [3.05, 3.63) is 0 Å². The molecule has 0 aliphatic heterocycles. The summed E-state index contributed by atoms with van der Waals surface area (Å²) in [5.74, 6) is 0.262. The summed E-state index contributed by atoms with van der Waals surface area (Å²) in [6.07, 6.45) is 2.76.